The second-order valence-electron chi connectivity index (χ2n) is 13.9. The number of rotatable bonds is 5. The zero-order valence-corrected chi connectivity index (χ0v) is 22.1. The van der Waals surface area contributed by atoms with Crippen LogP contribution in [0.4, 0.5) is 0 Å². The van der Waals surface area contributed by atoms with Gasteiger partial charge < -0.3 is 14.9 Å². The molecule has 0 aromatic heterocycles. The van der Waals surface area contributed by atoms with Gasteiger partial charge in [-0.25, -0.2) is 0 Å². The fourth-order valence-electron chi connectivity index (χ4n) is 10.8. The number of aliphatic hydroxyl groups is 2. The summed E-state index contributed by atoms with van der Waals surface area (Å²) in [6.07, 6.45) is 14.9. The molecule has 0 spiro atoms. The number of methoxy groups -OCH3 is 1. The molecule has 0 radical (unpaired) electrons. The van der Waals surface area contributed by atoms with E-state index in [-0.39, 0.29) is 12.2 Å². The van der Waals surface area contributed by atoms with E-state index in [1.54, 1.807) is 0 Å². The molecule has 13 unspecified atom stereocenters. The van der Waals surface area contributed by atoms with E-state index in [2.05, 4.69) is 27.7 Å². The monoisotopic (exact) mass is 460 g/mol. The summed E-state index contributed by atoms with van der Waals surface area (Å²) < 4.78 is 5.67. The van der Waals surface area contributed by atoms with Crippen molar-refractivity contribution in [3.05, 3.63) is 0 Å². The Morgan fingerprint density at radius 1 is 0.909 bits per heavy atom. The Morgan fingerprint density at radius 3 is 2.39 bits per heavy atom. The van der Waals surface area contributed by atoms with E-state index in [4.69, 9.17) is 4.74 Å². The standard InChI is InChI=1S/C30H52O3/c1-18-20(6-8-23(18)19(2)33-5)16-28(32)27-11-10-25-24-9-7-21-17-22(31)12-14-29(21,3)26(24)13-15-30(25,27)4/h18-28,31-32H,6-17H2,1-5H3. The maximum atomic E-state index is 11.6. The van der Waals surface area contributed by atoms with Crippen molar-refractivity contribution in [2.45, 2.75) is 123 Å². The third-order valence-electron chi connectivity index (χ3n) is 13.0. The van der Waals surface area contributed by atoms with E-state index >= 15 is 0 Å². The number of hydrogen-bond donors (Lipinski definition) is 2. The minimum atomic E-state index is -0.127. The molecule has 0 aromatic rings. The van der Waals surface area contributed by atoms with Gasteiger partial charge in [0, 0.05) is 7.11 Å². The van der Waals surface area contributed by atoms with E-state index < -0.39 is 0 Å². The smallest absolute Gasteiger partial charge is 0.0576 e. The number of fused-ring (bicyclic) bond motifs is 5. The lowest BCUT2D eigenvalue weighted by Gasteiger charge is -2.61. The van der Waals surface area contributed by atoms with Crippen molar-refractivity contribution in [1.82, 2.24) is 0 Å². The van der Waals surface area contributed by atoms with E-state index in [1.807, 2.05) is 7.11 Å². The Balaban J connectivity index is 1.27. The summed E-state index contributed by atoms with van der Waals surface area (Å²) in [5.41, 5.74) is 0.783. The van der Waals surface area contributed by atoms with Crippen LogP contribution in [0.25, 0.3) is 0 Å². The maximum Gasteiger partial charge on any atom is 0.0576 e. The van der Waals surface area contributed by atoms with Gasteiger partial charge in [-0.1, -0.05) is 20.8 Å². The Kier molecular flexibility index (Phi) is 6.76. The molecule has 5 fully saturated rings. The van der Waals surface area contributed by atoms with Crippen LogP contribution in [0.3, 0.4) is 0 Å². The fourth-order valence-corrected chi connectivity index (χ4v) is 10.8. The summed E-state index contributed by atoms with van der Waals surface area (Å²) in [5, 5.41) is 21.9. The first kappa shape index (κ1) is 24.6. The molecule has 3 heteroatoms. The van der Waals surface area contributed by atoms with Crippen LogP contribution in [-0.4, -0.2) is 35.6 Å². The minimum Gasteiger partial charge on any atom is -0.393 e. The van der Waals surface area contributed by atoms with Crippen molar-refractivity contribution in [3.63, 3.8) is 0 Å². The van der Waals surface area contributed by atoms with Gasteiger partial charge in [-0.2, -0.15) is 0 Å². The molecular formula is C30H52O3. The van der Waals surface area contributed by atoms with Crippen LogP contribution in [0.2, 0.25) is 0 Å². The summed E-state index contributed by atoms with van der Waals surface area (Å²) in [7, 11) is 1.85. The van der Waals surface area contributed by atoms with Crippen molar-refractivity contribution in [2.75, 3.05) is 7.11 Å². The molecule has 2 N–H and O–H groups in total. The molecule has 0 aromatic carbocycles. The van der Waals surface area contributed by atoms with Gasteiger partial charge >= 0.3 is 0 Å². The zero-order chi connectivity index (χ0) is 23.5. The molecule has 5 saturated carbocycles. The molecular weight excluding hydrogens is 408 g/mol. The third kappa shape index (κ3) is 3.95. The largest absolute Gasteiger partial charge is 0.393 e. The van der Waals surface area contributed by atoms with Crippen molar-refractivity contribution in [3.8, 4) is 0 Å². The van der Waals surface area contributed by atoms with Crippen molar-refractivity contribution >= 4 is 0 Å². The normalized spacial score (nSPS) is 53.7. The second-order valence-corrected chi connectivity index (χ2v) is 13.9. The molecule has 5 rings (SSSR count). The third-order valence-corrected chi connectivity index (χ3v) is 13.0. The van der Waals surface area contributed by atoms with Gasteiger partial charge in [0.2, 0.25) is 0 Å². The van der Waals surface area contributed by atoms with Crippen molar-refractivity contribution < 1.29 is 14.9 Å². The lowest BCUT2D eigenvalue weighted by Crippen LogP contribution is -2.54. The number of aliphatic hydroxyl groups excluding tert-OH is 2. The highest BCUT2D eigenvalue weighted by Crippen LogP contribution is 2.68. The highest BCUT2D eigenvalue weighted by atomic mass is 16.5. The fraction of sp³-hybridized carbons (Fsp3) is 1.00. The molecule has 5 aliphatic rings. The van der Waals surface area contributed by atoms with Crippen molar-refractivity contribution in [2.24, 2.45) is 58.2 Å². The van der Waals surface area contributed by atoms with E-state index in [1.165, 1.54) is 57.8 Å². The molecule has 0 heterocycles. The molecule has 5 aliphatic carbocycles. The SMILES string of the molecule is COC(C)C1CCC(CC(O)C2CCC3C4CCC5CC(O)CCC5(C)C4CCC23C)C1C. The van der Waals surface area contributed by atoms with Crippen molar-refractivity contribution in [1.29, 1.82) is 0 Å². The van der Waals surface area contributed by atoms with Gasteiger partial charge in [0.05, 0.1) is 18.3 Å². The van der Waals surface area contributed by atoms with Gasteiger partial charge in [-0.05, 0) is 142 Å². The first-order valence-corrected chi connectivity index (χ1v) is 14.6. The first-order valence-electron chi connectivity index (χ1n) is 14.6. The van der Waals surface area contributed by atoms with E-state index in [0.29, 0.717) is 40.6 Å². The van der Waals surface area contributed by atoms with Gasteiger partial charge in [0.15, 0.2) is 0 Å². The topological polar surface area (TPSA) is 49.7 Å². The Labute approximate surface area is 203 Å². The molecule has 0 bridgehead atoms. The highest BCUT2D eigenvalue weighted by Gasteiger charge is 2.61. The Hall–Kier alpha value is -0.120. The van der Waals surface area contributed by atoms with Gasteiger partial charge in [0.1, 0.15) is 0 Å². The second kappa shape index (κ2) is 9.07. The van der Waals surface area contributed by atoms with Crippen LogP contribution in [0.15, 0.2) is 0 Å². The molecule has 0 aliphatic heterocycles. The maximum absolute atomic E-state index is 11.6. The summed E-state index contributed by atoms with van der Waals surface area (Å²) in [6.45, 7) is 9.80. The summed E-state index contributed by atoms with van der Waals surface area (Å²) in [5.74, 6) is 5.71. The molecule has 0 amide bonds. The van der Waals surface area contributed by atoms with Crippen LogP contribution in [0, 0.1) is 58.2 Å². The minimum absolute atomic E-state index is 0.0519. The van der Waals surface area contributed by atoms with Crippen LogP contribution < -0.4 is 0 Å². The quantitative estimate of drug-likeness (QED) is 0.495. The molecule has 3 nitrogen and oxygen atoms in total. The number of ether oxygens (including phenoxy) is 1. The van der Waals surface area contributed by atoms with Crippen LogP contribution in [0.5, 0.6) is 0 Å². The highest BCUT2D eigenvalue weighted by molar-refractivity contribution is 5.10. The van der Waals surface area contributed by atoms with Crippen LogP contribution in [-0.2, 0) is 4.74 Å². The van der Waals surface area contributed by atoms with Crippen LogP contribution in [0.1, 0.15) is 105 Å². The zero-order valence-electron chi connectivity index (χ0n) is 22.1. The molecule has 190 valence electrons. The lowest BCUT2D eigenvalue weighted by molar-refractivity contribution is -0.134. The average molecular weight is 461 g/mol. The molecule has 0 saturated heterocycles. The van der Waals surface area contributed by atoms with Gasteiger partial charge in [-0.3, -0.25) is 0 Å². The molecule has 13 atom stereocenters. The lowest BCUT2D eigenvalue weighted by atomic mass is 9.44. The first-order chi connectivity index (χ1) is 15.7. The summed E-state index contributed by atoms with van der Waals surface area (Å²) in [4.78, 5) is 0. The van der Waals surface area contributed by atoms with Gasteiger partial charge in [-0.15, -0.1) is 0 Å². The van der Waals surface area contributed by atoms with Crippen LogP contribution >= 0.6 is 0 Å². The Morgan fingerprint density at radius 2 is 1.64 bits per heavy atom. The molecule has 33 heavy (non-hydrogen) atoms. The van der Waals surface area contributed by atoms with E-state index in [0.717, 1.165) is 42.9 Å². The predicted octanol–water partition coefficient (Wildman–Crippen LogP) is 6.45. The van der Waals surface area contributed by atoms with Gasteiger partial charge in [0.25, 0.3) is 0 Å². The average Bonchev–Trinajstić information content (AvgIpc) is 3.33. The number of hydrogen-bond acceptors (Lipinski definition) is 3. The van der Waals surface area contributed by atoms with E-state index in [9.17, 15) is 10.2 Å². The summed E-state index contributed by atoms with van der Waals surface area (Å²) >= 11 is 0. The summed E-state index contributed by atoms with van der Waals surface area (Å²) in [6, 6.07) is 0. The Bertz CT molecular complexity index is 694. The predicted molar refractivity (Wildman–Crippen MR) is 134 cm³/mol.